The highest BCUT2D eigenvalue weighted by Crippen LogP contribution is 2.37. The standard InChI is InChI=1S/C21H28N2O5S/c1-28-21(25)18-4-2-3-5-19(18)29(26,27)22-12-10-16(11-13-22)20(24)23(17-8-9-17)14-15-6-7-15/h2-5,15-17H,6-14H2,1H3. The first kappa shape index (κ1) is 20.3. The van der Waals surface area contributed by atoms with Crippen molar-refractivity contribution in [2.45, 2.75) is 49.5 Å². The molecule has 1 heterocycles. The maximum absolute atomic E-state index is 13.1. The number of hydrogen-bond donors (Lipinski definition) is 0. The molecule has 0 atom stereocenters. The normalized spacial score (nSPS) is 21.0. The summed E-state index contributed by atoms with van der Waals surface area (Å²) in [7, 11) is -2.59. The molecule has 1 aromatic rings. The lowest BCUT2D eigenvalue weighted by atomic mass is 9.96. The van der Waals surface area contributed by atoms with Crippen LogP contribution in [0.4, 0.5) is 0 Å². The van der Waals surface area contributed by atoms with Gasteiger partial charge in [0, 0.05) is 31.6 Å². The average molecular weight is 421 g/mol. The summed E-state index contributed by atoms with van der Waals surface area (Å²) in [6.07, 6.45) is 5.66. The van der Waals surface area contributed by atoms with Crippen LogP contribution in [0.25, 0.3) is 0 Å². The van der Waals surface area contributed by atoms with Gasteiger partial charge in [0.25, 0.3) is 0 Å². The van der Waals surface area contributed by atoms with Crippen molar-refractivity contribution in [1.29, 1.82) is 0 Å². The second-order valence-electron chi connectivity index (χ2n) is 8.33. The lowest BCUT2D eigenvalue weighted by Crippen LogP contribution is -2.45. The number of esters is 1. The molecule has 4 rings (SSSR count). The van der Waals surface area contributed by atoms with Crippen LogP contribution in [0.15, 0.2) is 29.2 Å². The number of nitrogens with zero attached hydrogens (tertiary/aromatic N) is 2. The van der Waals surface area contributed by atoms with Crippen LogP contribution in [0.2, 0.25) is 0 Å². The van der Waals surface area contributed by atoms with Crippen LogP contribution >= 0.6 is 0 Å². The Labute approximate surface area is 172 Å². The van der Waals surface area contributed by atoms with E-state index in [1.54, 1.807) is 12.1 Å². The summed E-state index contributed by atoms with van der Waals surface area (Å²) in [5.41, 5.74) is 0.0394. The van der Waals surface area contributed by atoms with Gasteiger partial charge < -0.3 is 9.64 Å². The summed E-state index contributed by atoms with van der Waals surface area (Å²) in [5.74, 6) is 0.0762. The van der Waals surface area contributed by atoms with Gasteiger partial charge in [-0.1, -0.05) is 12.1 Å². The SMILES string of the molecule is COC(=O)c1ccccc1S(=O)(=O)N1CCC(C(=O)N(CC2CC2)C2CC2)CC1. The van der Waals surface area contributed by atoms with E-state index in [9.17, 15) is 18.0 Å². The van der Waals surface area contributed by atoms with Gasteiger partial charge in [-0.2, -0.15) is 4.31 Å². The first-order valence-electron chi connectivity index (χ1n) is 10.4. The number of rotatable bonds is 7. The zero-order chi connectivity index (χ0) is 20.6. The minimum Gasteiger partial charge on any atom is -0.465 e. The number of benzene rings is 1. The maximum Gasteiger partial charge on any atom is 0.339 e. The van der Waals surface area contributed by atoms with Gasteiger partial charge in [0.2, 0.25) is 15.9 Å². The molecule has 1 amide bonds. The number of methoxy groups -OCH3 is 1. The molecule has 3 fully saturated rings. The van der Waals surface area contributed by atoms with Crippen LogP contribution in [-0.2, 0) is 19.6 Å². The van der Waals surface area contributed by atoms with Gasteiger partial charge in [-0.3, -0.25) is 4.79 Å². The van der Waals surface area contributed by atoms with Crippen molar-refractivity contribution in [2.75, 3.05) is 26.7 Å². The van der Waals surface area contributed by atoms with Crippen molar-refractivity contribution in [3.63, 3.8) is 0 Å². The maximum atomic E-state index is 13.1. The van der Waals surface area contributed by atoms with E-state index in [2.05, 4.69) is 4.90 Å². The van der Waals surface area contributed by atoms with Crippen LogP contribution in [0.3, 0.4) is 0 Å². The second-order valence-corrected chi connectivity index (χ2v) is 10.2. The average Bonchev–Trinajstić information content (AvgIpc) is 3.65. The third kappa shape index (κ3) is 4.33. The fraction of sp³-hybridized carbons (Fsp3) is 0.619. The number of piperidine rings is 1. The summed E-state index contributed by atoms with van der Waals surface area (Å²) < 4.78 is 32.4. The summed E-state index contributed by atoms with van der Waals surface area (Å²) in [4.78, 5) is 27.1. The van der Waals surface area contributed by atoms with Gasteiger partial charge in [0.1, 0.15) is 0 Å². The Morgan fingerprint density at radius 3 is 2.31 bits per heavy atom. The molecule has 0 unspecified atom stereocenters. The molecule has 3 aliphatic rings. The number of hydrogen-bond acceptors (Lipinski definition) is 5. The Balaban J connectivity index is 1.44. The van der Waals surface area contributed by atoms with Crippen LogP contribution in [0.5, 0.6) is 0 Å². The first-order chi connectivity index (χ1) is 13.9. The van der Waals surface area contributed by atoms with Crippen molar-refractivity contribution in [3.8, 4) is 0 Å². The van der Waals surface area contributed by atoms with Gasteiger partial charge in [-0.15, -0.1) is 0 Å². The zero-order valence-electron chi connectivity index (χ0n) is 16.7. The van der Waals surface area contributed by atoms with E-state index in [1.165, 1.54) is 36.4 Å². The minimum atomic E-state index is -3.82. The Morgan fingerprint density at radius 2 is 1.72 bits per heavy atom. The first-order valence-corrected chi connectivity index (χ1v) is 11.8. The summed E-state index contributed by atoms with van der Waals surface area (Å²) in [6, 6.07) is 6.50. The fourth-order valence-corrected chi connectivity index (χ4v) is 5.72. The van der Waals surface area contributed by atoms with Crippen LogP contribution < -0.4 is 0 Å². The van der Waals surface area contributed by atoms with Crippen LogP contribution in [-0.4, -0.2) is 62.3 Å². The molecular formula is C21H28N2O5S. The largest absolute Gasteiger partial charge is 0.465 e. The molecule has 0 spiro atoms. The molecule has 1 aliphatic heterocycles. The van der Waals surface area contributed by atoms with Gasteiger partial charge in [0.15, 0.2) is 0 Å². The number of amides is 1. The van der Waals surface area contributed by atoms with E-state index in [1.807, 2.05) is 0 Å². The predicted molar refractivity (Wildman–Crippen MR) is 107 cm³/mol. The highest BCUT2D eigenvalue weighted by molar-refractivity contribution is 7.89. The third-order valence-electron chi connectivity index (χ3n) is 6.14. The molecular weight excluding hydrogens is 392 g/mol. The highest BCUT2D eigenvalue weighted by atomic mass is 32.2. The van der Waals surface area contributed by atoms with Crippen molar-refractivity contribution in [3.05, 3.63) is 29.8 Å². The molecule has 8 heteroatoms. The van der Waals surface area contributed by atoms with E-state index in [-0.39, 0.29) is 35.4 Å². The van der Waals surface area contributed by atoms with E-state index in [0.29, 0.717) is 24.8 Å². The van der Waals surface area contributed by atoms with E-state index >= 15 is 0 Å². The molecule has 0 N–H and O–H groups in total. The highest BCUT2D eigenvalue weighted by Gasteiger charge is 2.41. The predicted octanol–water partition coefficient (Wildman–Crippen LogP) is 2.27. The lowest BCUT2D eigenvalue weighted by Gasteiger charge is -2.34. The van der Waals surface area contributed by atoms with Crippen LogP contribution in [0, 0.1) is 11.8 Å². The minimum absolute atomic E-state index is 0.0371. The molecule has 0 aromatic heterocycles. The van der Waals surface area contributed by atoms with Crippen LogP contribution in [0.1, 0.15) is 48.9 Å². The molecule has 2 saturated carbocycles. The molecule has 2 aliphatic carbocycles. The lowest BCUT2D eigenvalue weighted by molar-refractivity contribution is -0.137. The van der Waals surface area contributed by atoms with Gasteiger partial charge in [0.05, 0.1) is 17.6 Å². The van der Waals surface area contributed by atoms with Gasteiger partial charge in [-0.25, -0.2) is 13.2 Å². The molecule has 158 valence electrons. The molecule has 0 radical (unpaired) electrons. The number of carbonyl (C=O) groups excluding carboxylic acids is 2. The Morgan fingerprint density at radius 1 is 1.07 bits per heavy atom. The number of carbonyl (C=O) groups is 2. The molecule has 7 nitrogen and oxygen atoms in total. The molecule has 29 heavy (non-hydrogen) atoms. The van der Waals surface area contributed by atoms with E-state index in [4.69, 9.17) is 4.74 Å². The van der Waals surface area contributed by atoms with E-state index in [0.717, 1.165) is 19.4 Å². The molecule has 0 bridgehead atoms. The number of sulfonamides is 1. The fourth-order valence-electron chi connectivity index (χ4n) is 4.07. The summed E-state index contributed by atoms with van der Waals surface area (Å²) in [6.45, 7) is 1.45. The van der Waals surface area contributed by atoms with E-state index < -0.39 is 16.0 Å². The third-order valence-corrected chi connectivity index (χ3v) is 8.09. The zero-order valence-corrected chi connectivity index (χ0v) is 17.6. The van der Waals surface area contributed by atoms with Crippen molar-refractivity contribution in [1.82, 2.24) is 9.21 Å². The van der Waals surface area contributed by atoms with Crippen molar-refractivity contribution in [2.24, 2.45) is 11.8 Å². The Kier molecular flexibility index (Phi) is 5.66. The second kappa shape index (κ2) is 8.07. The smallest absolute Gasteiger partial charge is 0.339 e. The quantitative estimate of drug-likeness (QED) is 0.632. The Bertz CT molecular complexity index is 884. The molecule has 1 aromatic carbocycles. The topological polar surface area (TPSA) is 84.0 Å². The molecule has 1 saturated heterocycles. The Hall–Kier alpha value is -1.93. The summed E-state index contributed by atoms with van der Waals surface area (Å²) in [5, 5.41) is 0. The van der Waals surface area contributed by atoms with Crippen molar-refractivity contribution < 1.29 is 22.7 Å². The summed E-state index contributed by atoms with van der Waals surface area (Å²) >= 11 is 0. The van der Waals surface area contributed by atoms with Crippen molar-refractivity contribution >= 4 is 21.9 Å². The van der Waals surface area contributed by atoms with Gasteiger partial charge in [-0.05, 0) is 56.6 Å². The van der Waals surface area contributed by atoms with Gasteiger partial charge >= 0.3 is 5.97 Å². The number of ether oxygens (including phenoxy) is 1. The monoisotopic (exact) mass is 420 g/mol.